The van der Waals surface area contributed by atoms with Crippen LogP contribution in [0.4, 0.5) is 11.4 Å². The lowest BCUT2D eigenvalue weighted by Crippen LogP contribution is -2.45. The van der Waals surface area contributed by atoms with Gasteiger partial charge in [-0.25, -0.2) is 9.67 Å². The minimum absolute atomic E-state index is 0.190. The van der Waals surface area contributed by atoms with Crippen molar-refractivity contribution in [1.29, 1.82) is 0 Å². The van der Waals surface area contributed by atoms with Gasteiger partial charge in [0.25, 0.3) is 0 Å². The van der Waals surface area contributed by atoms with Crippen molar-refractivity contribution in [2.75, 3.05) is 18.0 Å². The van der Waals surface area contributed by atoms with Gasteiger partial charge in [-0.05, 0) is 68.9 Å². The summed E-state index contributed by atoms with van der Waals surface area (Å²) >= 11 is 0. The van der Waals surface area contributed by atoms with E-state index in [0.29, 0.717) is 5.71 Å². The Kier molecular flexibility index (Phi) is 6.70. The first kappa shape index (κ1) is 22.5. The molecule has 2 heterocycles. The largest absolute Gasteiger partial charge is 0.405 e. The second kappa shape index (κ2) is 9.83. The van der Waals surface area contributed by atoms with Crippen molar-refractivity contribution in [2.24, 2.45) is 10.7 Å². The lowest BCUT2D eigenvalue weighted by molar-refractivity contribution is -0.00522. The number of anilines is 1. The molecular formula is C26H29N5O2. The zero-order chi connectivity index (χ0) is 23.4. The summed E-state index contributed by atoms with van der Waals surface area (Å²) in [7, 11) is 0. The first-order chi connectivity index (χ1) is 15.9. The number of ether oxygens (including phenoxy) is 1. The molecule has 33 heavy (non-hydrogen) atoms. The standard InChI is InChI=1S/C26H29N5O2/c1-18-15-22(30-16-19(2)33-20(3)17-30)9-10-24(18)31-14-12-25(32)26(29-31)23(11-13-27)28-21-7-5-4-6-8-21/h4-15,19-20H,16-17,27H2,1-3H3/t19-,20+. The highest BCUT2D eigenvalue weighted by atomic mass is 16.5. The molecule has 170 valence electrons. The Labute approximate surface area is 193 Å². The molecule has 4 rings (SSSR count). The lowest BCUT2D eigenvalue weighted by Gasteiger charge is -2.37. The number of hydrogen-bond acceptors (Lipinski definition) is 6. The van der Waals surface area contributed by atoms with Crippen LogP contribution in [0.25, 0.3) is 5.69 Å². The number of para-hydroxylation sites is 1. The Balaban J connectivity index is 1.70. The van der Waals surface area contributed by atoms with Crippen molar-refractivity contribution < 1.29 is 4.74 Å². The molecule has 0 aliphatic carbocycles. The molecule has 7 heteroatoms. The van der Waals surface area contributed by atoms with E-state index in [1.54, 1.807) is 17.0 Å². The topological polar surface area (TPSA) is 85.7 Å². The molecule has 0 bridgehead atoms. The number of aryl methyl sites for hydroxylation is 1. The molecule has 7 nitrogen and oxygen atoms in total. The number of aliphatic imine (C=N–C) groups is 1. The highest BCUT2D eigenvalue weighted by Crippen LogP contribution is 2.24. The van der Waals surface area contributed by atoms with Gasteiger partial charge in [0.2, 0.25) is 5.43 Å². The smallest absolute Gasteiger partial charge is 0.209 e. The molecule has 2 atom stereocenters. The monoisotopic (exact) mass is 443 g/mol. The van der Waals surface area contributed by atoms with E-state index >= 15 is 0 Å². The summed E-state index contributed by atoms with van der Waals surface area (Å²) in [6.45, 7) is 7.95. The molecule has 1 saturated heterocycles. The van der Waals surface area contributed by atoms with Crippen LogP contribution in [0.2, 0.25) is 0 Å². The molecule has 0 amide bonds. The minimum atomic E-state index is -0.218. The molecule has 3 aromatic rings. The number of rotatable bonds is 5. The molecule has 0 spiro atoms. The average Bonchev–Trinajstić information content (AvgIpc) is 2.79. The zero-order valence-electron chi connectivity index (χ0n) is 19.2. The molecule has 1 aliphatic rings. The van der Waals surface area contributed by atoms with Crippen LogP contribution in [0.15, 0.2) is 82.9 Å². The maximum absolute atomic E-state index is 12.7. The molecule has 1 aromatic heterocycles. The number of benzene rings is 2. The lowest BCUT2D eigenvalue weighted by atomic mass is 10.1. The van der Waals surface area contributed by atoms with Crippen LogP contribution in [0.1, 0.15) is 25.1 Å². The quantitative estimate of drug-likeness (QED) is 0.607. The molecule has 2 N–H and O–H groups in total. The fourth-order valence-corrected chi connectivity index (χ4v) is 4.10. The summed E-state index contributed by atoms with van der Waals surface area (Å²) in [5.74, 6) is 0. The Morgan fingerprint density at radius 3 is 2.52 bits per heavy atom. The average molecular weight is 444 g/mol. The summed E-state index contributed by atoms with van der Waals surface area (Å²) < 4.78 is 7.57. The number of hydrogen-bond donors (Lipinski definition) is 1. The number of aromatic nitrogens is 2. The van der Waals surface area contributed by atoms with Crippen LogP contribution in [0, 0.1) is 6.92 Å². The number of nitrogens with two attached hydrogens (primary N) is 1. The van der Waals surface area contributed by atoms with E-state index in [9.17, 15) is 4.79 Å². The van der Waals surface area contributed by atoms with Gasteiger partial charge in [-0.2, -0.15) is 5.10 Å². The normalized spacial score (nSPS) is 19.2. The molecule has 1 fully saturated rings. The van der Waals surface area contributed by atoms with Gasteiger partial charge in [0.15, 0.2) is 5.69 Å². The van der Waals surface area contributed by atoms with Crippen LogP contribution in [-0.2, 0) is 4.74 Å². The maximum atomic E-state index is 12.7. The molecule has 0 unspecified atom stereocenters. The second-order valence-corrected chi connectivity index (χ2v) is 8.30. The van der Waals surface area contributed by atoms with E-state index in [1.165, 1.54) is 12.3 Å². The molecular weight excluding hydrogens is 414 g/mol. The van der Waals surface area contributed by atoms with Crippen LogP contribution in [0.3, 0.4) is 0 Å². The fraction of sp³-hybridized carbons (Fsp3) is 0.269. The van der Waals surface area contributed by atoms with Crippen molar-refractivity contribution in [2.45, 2.75) is 33.0 Å². The van der Waals surface area contributed by atoms with Gasteiger partial charge >= 0.3 is 0 Å². The van der Waals surface area contributed by atoms with E-state index in [4.69, 9.17) is 10.5 Å². The predicted octanol–water partition coefficient (Wildman–Crippen LogP) is 3.75. The molecule has 0 saturated carbocycles. The first-order valence-electron chi connectivity index (χ1n) is 11.1. The van der Waals surface area contributed by atoms with Crippen LogP contribution in [0.5, 0.6) is 0 Å². The van der Waals surface area contributed by atoms with Gasteiger partial charge in [0, 0.05) is 31.0 Å². The highest BCUT2D eigenvalue weighted by molar-refractivity contribution is 6.08. The van der Waals surface area contributed by atoms with Gasteiger partial charge in [0.05, 0.1) is 29.3 Å². The summed E-state index contributed by atoms with van der Waals surface area (Å²) in [6, 6.07) is 17.2. The Morgan fingerprint density at radius 2 is 1.85 bits per heavy atom. The third-order valence-electron chi connectivity index (χ3n) is 5.52. The van der Waals surface area contributed by atoms with Crippen molar-refractivity contribution in [3.63, 3.8) is 0 Å². The number of nitrogens with zero attached hydrogens (tertiary/aromatic N) is 4. The van der Waals surface area contributed by atoms with Crippen molar-refractivity contribution in [3.8, 4) is 5.69 Å². The Bertz CT molecular complexity index is 1220. The third kappa shape index (κ3) is 5.21. The van der Waals surface area contributed by atoms with E-state index in [1.807, 2.05) is 43.3 Å². The van der Waals surface area contributed by atoms with Crippen molar-refractivity contribution in [3.05, 3.63) is 94.6 Å². The highest BCUT2D eigenvalue weighted by Gasteiger charge is 2.22. The molecule has 1 aliphatic heterocycles. The van der Waals surface area contributed by atoms with Crippen molar-refractivity contribution in [1.82, 2.24) is 9.78 Å². The minimum Gasteiger partial charge on any atom is -0.405 e. The Morgan fingerprint density at radius 1 is 1.12 bits per heavy atom. The Hall–Kier alpha value is -3.71. The van der Waals surface area contributed by atoms with E-state index in [-0.39, 0.29) is 23.3 Å². The summed E-state index contributed by atoms with van der Waals surface area (Å²) in [5.41, 5.74) is 9.89. The van der Waals surface area contributed by atoms with E-state index in [2.05, 4.69) is 41.0 Å². The van der Waals surface area contributed by atoms with Gasteiger partial charge in [-0.3, -0.25) is 4.79 Å². The van der Waals surface area contributed by atoms with Crippen LogP contribution >= 0.6 is 0 Å². The van der Waals surface area contributed by atoms with Gasteiger partial charge < -0.3 is 15.4 Å². The fourth-order valence-electron chi connectivity index (χ4n) is 4.10. The van der Waals surface area contributed by atoms with Gasteiger partial charge in [-0.1, -0.05) is 18.2 Å². The van der Waals surface area contributed by atoms with Crippen LogP contribution < -0.4 is 16.1 Å². The molecule has 2 aromatic carbocycles. The third-order valence-corrected chi connectivity index (χ3v) is 5.52. The molecule has 0 radical (unpaired) electrons. The number of morpholine rings is 1. The van der Waals surface area contributed by atoms with Crippen molar-refractivity contribution >= 4 is 17.1 Å². The SMILES string of the molecule is Cc1cc(N2C[C@@H](C)O[C@@H](C)C2)ccc1-n1ccc(=O)c(C(C=CN)=Nc2ccccc2)n1. The van der Waals surface area contributed by atoms with Crippen LogP contribution in [-0.4, -0.2) is 40.8 Å². The van der Waals surface area contributed by atoms with E-state index < -0.39 is 0 Å². The maximum Gasteiger partial charge on any atom is 0.209 e. The summed E-state index contributed by atoms with van der Waals surface area (Å²) in [5, 5.41) is 4.62. The second-order valence-electron chi connectivity index (χ2n) is 8.30. The van der Waals surface area contributed by atoms with Gasteiger partial charge in [-0.15, -0.1) is 0 Å². The zero-order valence-corrected chi connectivity index (χ0v) is 19.2. The first-order valence-corrected chi connectivity index (χ1v) is 11.1. The van der Waals surface area contributed by atoms with E-state index in [0.717, 1.165) is 35.7 Å². The number of allylic oxidation sites excluding steroid dienone is 1. The summed E-state index contributed by atoms with van der Waals surface area (Å²) in [4.78, 5) is 19.6. The predicted molar refractivity (Wildman–Crippen MR) is 133 cm³/mol. The van der Waals surface area contributed by atoms with Gasteiger partial charge in [0.1, 0.15) is 0 Å². The summed E-state index contributed by atoms with van der Waals surface area (Å²) in [6.07, 6.45) is 5.02.